The molecule has 0 N–H and O–H groups in total. The highest BCUT2D eigenvalue weighted by molar-refractivity contribution is 5.55. The van der Waals surface area contributed by atoms with Crippen molar-refractivity contribution in [1.29, 1.82) is 0 Å². The molecule has 2 aliphatic rings. The molecule has 4 rings (SSSR count). The van der Waals surface area contributed by atoms with Gasteiger partial charge in [0.2, 0.25) is 12.5 Å². The van der Waals surface area contributed by atoms with E-state index in [1.54, 1.807) is 21.3 Å². The molecule has 1 saturated heterocycles. The van der Waals surface area contributed by atoms with Gasteiger partial charge in [-0.15, -0.1) is 0 Å². The van der Waals surface area contributed by atoms with Gasteiger partial charge >= 0.3 is 0 Å². The summed E-state index contributed by atoms with van der Waals surface area (Å²) < 4.78 is 33.4. The Hall–Kier alpha value is -2.64. The van der Waals surface area contributed by atoms with Crippen LogP contribution in [0.5, 0.6) is 28.7 Å². The average molecular weight is 415 g/mol. The Morgan fingerprint density at radius 3 is 2.40 bits per heavy atom. The molecule has 162 valence electrons. The van der Waals surface area contributed by atoms with Crippen molar-refractivity contribution in [1.82, 2.24) is 4.90 Å². The van der Waals surface area contributed by atoms with Gasteiger partial charge in [-0.3, -0.25) is 4.90 Å². The van der Waals surface area contributed by atoms with Crippen LogP contribution in [-0.4, -0.2) is 52.3 Å². The summed E-state index contributed by atoms with van der Waals surface area (Å²) in [6.07, 6.45) is 2.46. The fourth-order valence-corrected chi connectivity index (χ4v) is 4.03. The van der Waals surface area contributed by atoms with Crippen molar-refractivity contribution in [3.05, 3.63) is 41.5 Å². The Morgan fingerprint density at radius 2 is 1.67 bits per heavy atom. The van der Waals surface area contributed by atoms with Gasteiger partial charge in [-0.2, -0.15) is 0 Å². The van der Waals surface area contributed by atoms with E-state index >= 15 is 0 Å². The van der Waals surface area contributed by atoms with Crippen LogP contribution >= 0.6 is 0 Å². The molecule has 0 aromatic heterocycles. The zero-order valence-corrected chi connectivity index (χ0v) is 17.8. The van der Waals surface area contributed by atoms with Crippen LogP contribution in [-0.2, 0) is 17.8 Å². The van der Waals surface area contributed by atoms with Gasteiger partial charge in [-0.05, 0) is 48.2 Å². The number of fused-ring (bicyclic) bond motifs is 1. The van der Waals surface area contributed by atoms with Crippen LogP contribution in [0.4, 0.5) is 0 Å². The Morgan fingerprint density at radius 1 is 0.900 bits per heavy atom. The van der Waals surface area contributed by atoms with Crippen molar-refractivity contribution < 1.29 is 28.4 Å². The smallest absolute Gasteiger partial charge is 0.231 e. The maximum Gasteiger partial charge on any atom is 0.231 e. The van der Waals surface area contributed by atoms with Crippen molar-refractivity contribution >= 4 is 0 Å². The summed E-state index contributed by atoms with van der Waals surface area (Å²) >= 11 is 0. The molecule has 0 saturated carbocycles. The van der Waals surface area contributed by atoms with E-state index < -0.39 is 0 Å². The van der Waals surface area contributed by atoms with Crippen LogP contribution in [0.3, 0.4) is 0 Å². The number of methoxy groups -OCH3 is 3. The first-order valence-electron chi connectivity index (χ1n) is 10.2. The molecule has 1 atom stereocenters. The zero-order valence-electron chi connectivity index (χ0n) is 17.8. The average Bonchev–Trinajstić information content (AvgIpc) is 3.44. The molecule has 0 amide bonds. The molecule has 0 unspecified atom stereocenters. The highest BCUT2D eigenvalue weighted by Gasteiger charge is 2.23. The Kier molecular flexibility index (Phi) is 6.50. The van der Waals surface area contributed by atoms with Gasteiger partial charge in [0.1, 0.15) is 0 Å². The minimum atomic E-state index is 0.223. The molecular formula is C23H29NO6. The first-order chi connectivity index (χ1) is 14.7. The molecule has 0 aliphatic carbocycles. The maximum atomic E-state index is 5.90. The van der Waals surface area contributed by atoms with E-state index in [2.05, 4.69) is 11.0 Å². The van der Waals surface area contributed by atoms with Crippen LogP contribution in [0.1, 0.15) is 24.0 Å². The third-order valence-electron chi connectivity index (χ3n) is 5.46. The number of ether oxygens (including phenoxy) is 6. The summed E-state index contributed by atoms with van der Waals surface area (Å²) in [5.74, 6) is 3.56. The third kappa shape index (κ3) is 4.57. The lowest BCUT2D eigenvalue weighted by Crippen LogP contribution is -2.31. The quantitative estimate of drug-likeness (QED) is 0.620. The molecule has 1 fully saturated rings. The first-order valence-corrected chi connectivity index (χ1v) is 10.2. The largest absolute Gasteiger partial charge is 0.493 e. The summed E-state index contributed by atoms with van der Waals surface area (Å²) in [6, 6.07) is 10.1. The van der Waals surface area contributed by atoms with Gasteiger partial charge in [-0.25, -0.2) is 0 Å². The van der Waals surface area contributed by atoms with E-state index in [1.807, 2.05) is 24.3 Å². The molecule has 2 aromatic carbocycles. The predicted octanol–water partition coefficient (Wildman–Crippen LogP) is 3.62. The standard InChI is InChI=1S/C23H29NO6/c1-25-19-7-6-16(9-20(19)26-2)12-24(14-18-5-4-8-28-18)13-17-10-21(27-3)23-22(11-17)29-15-30-23/h6-7,9-11,18H,4-5,8,12-15H2,1-3H3/t18-/m1/s1. The van der Waals surface area contributed by atoms with Crippen molar-refractivity contribution in [2.24, 2.45) is 0 Å². The highest BCUT2D eigenvalue weighted by Crippen LogP contribution is 2.42. The summed E-state index contributed by atoms with van der Waals surface area (Å²) in [7, 11) is 4.95. The monoisotopic (exact) mass is 415 g/mol. The predicted molar refractivity (Wildman–Crippen MR) is 112 cm³/mol. The van der Waals surface area contributed by atoms with E-state index in [4.69, 9.17) is 28.4 Å². The van der Waals surface area contributed by atoms with Crippen LogP contribution in [0.15, 0.2) is 30.3 Å². The number of nitrogens with zero attached hydrogens (tertiary/aromatic N) is 1. The molecule has 30 heavy (non-hydrogen) atoms. The maximum absolute atomic E-state index is 5.90. The van der Waals surface area contributed by atoms with Crippen LogP contribution < -0.4 is 23.7 Å². The number of hydrogen-bond donors (Lipinski definition) is 0. The van der Waals surface area contributed by atoms with Gasteiger partial charge in [0, 0.05) is 26.2 Å². The first kappa shape index (κ1) is 20.6. The van der Waals surface area contributed by atoms with E-state index in [-0.39, 0.29) is 12.9 Å². The van der Waals surface area contributed by atoms with Crippen LogP contribution in [0, 0.1) is 0 Å². The lowest BCUT2D eigenvalue weighted by atomic mass is 10.1. The number of rotatable bonds is 9. The van der Waals surface area contributed by atoms with Gasteiger partial charge < -0.3 is 28.4 Å². The van der Waals surface area contributed by atoms with E-state index in [0.717, 1.165) is 67.5 Å². The molecule has 7 heteroatoms. The summed E-state index contributed by atoms with van der Waals surface area (Å²) in [5, 5.41) is 0. The van der Waals surface area contributed by atoms with Gasteiger partial charge in [0.25, 0.3) is 0 Å². The lowest BCUT2D eigenvalue weighted by molar-refractivity contribution is 0.0678. The van der Waals surface area contributed by atoms with Crippen molar-refractivity contribution in [2.75, 3.05) is 41.3 Å². The summed E-state index contributed by atoms with van der Waals surface area (Å²) in [4.78, 5) is 2.38. The zero-order chi connectivity index (χ0) is 20.9. The minimum Gasteiger partial charge on any atom is -0.493 e. The minimum absolute atomic E-state index is 0.223. The van der Waals surface area contributed by atoms with Gasteiger partial charge in [-0.1, -0.05) is 6.07 Å². The topological polar surface area (TPSA) is 58.6 Å². The fourth-order valence-electron chi connectivity index (χ4n) is 4.03. The number of hydrogen-bond acceptors (Lipinski definition) is 7. The van der Waals surface area contributed by atoms with Gasteiger partial charge in [0.05, 0.1) is 27.4 Å². The van der Waals surface area contributed by atoms with Crippen LogP contribution in [0.2, 0.25) is 0 Å². The van der Waals surface area contributed by atoms with Gasteiger partial charge in [0.15, 0.2) is 23.0 Å². The Balaban J connectivity index is 1.56. The lowest BCUT2D eigenvalue weighted by Gasteiger charge is -2.26. The Labute approximate surface area is 177 Å². The molecule has 0 spiro atoms. The normalized spacial score (nSPS) is 17.4. The van der Waals surface area contributed by atoms with E-state index in [9.17, 15) is 0 Å². The van der Waals surface area contributed by atoms with Crippen molar-refractivity contribution in [3.8, 4) is 28.7 Å². The second-order valence-corrected chi connectivity index (χ2v) is 7.53. The van der Waals surface area contributed by atoms with E-state index in [0.29, 0.717) is 11.5 Å². The highest BCUT2D eigenvalue weighted by atomic mass is 16.7. The van der Waals surface area contributed by atoms with Crippen LogP contribution in [0.25, 0.3) is 0 Å². The Bertz CT molecular complexity index is 865. The van der Waals surface area contributed by atoms with E-state index in [1.165, 1.54) is 0 Å². The van der Waals surface area contributed by atoms with Crippen molar-refractivity contribution in [2.45, 2.75) is 32.0 Å². The SMILES string of the molecule is COc1ccc(CN(Cc2cc(OC)c3c(c2)OCO3)C[C@H]2CCCO2)cc1OC. The third-order valence-corrected chi connectivity index (χ3v) is 5.46. The molecule has 0 radical (unpaired) electrons. The molecule has 2 aliphatic heterocycles. The summed E-state index contributed by atoms with van der Waals surface area (Å²) in [5.41, 5.74) is 2.26. The molecular weight excluding hydrogens is 386 g/mol. The molecule has 2 aromatic rings. The molecule has 0 bridgehead atoms. The molecule has 2 heterocycles. The summed E-state index contributed by atoms with van der Waals surface area (Å²) in [6.45, 7) is 3.41. The fraction of sp³-hybridized carbons (Fsp3) is 0.478. The second-order valence-electron chi connectivity index (χ2n) is 7.53. The molecule has 7 nitrogen and oxygen atoms in total. The van der Waals surface area contributed by atoms with Crippen molar-refractivity contribution in [3.63, 3.8) is 0 Å². The number of benzene rings is 2. The second kappa shape index (κ2) is 9.45.